The number of hydrogen-bond donors (Lipinski definition) is 1. The first kappa shape index (κ1) is 73.0. The fraction of sp³-hybridized carbons (Fsp3) is 0.562. The maximum absolute atomic E-state index is 12.3. The summed E-state index contributed by atoms with van der Waals surface area (Å²) >= 11 is 0. The summed E-state index contributed by atoms with van der Waals surface area (Å²) in [7, 11) is 0. The molecule has 0 radical (unpaired) electrons. The van der Waals surface area contributed by atoms with Crippen molar-refractivity contribution in [1.29, 1.82) is 0 Å². The summed E-state index contributed by atoms with van der Waals surface area (Å²) in [5.74, 6) is -0.618. The highest BCUT2D eigenvalue weighted by Gasteiger charge is 2.16. The molecular weight excluding hydrogens is 957 g/mol. The number of allylic oxidation sites excluding steroid dienone is 30. The van der Waals surface area contributed by atoms with Crippen molar-refractivity contribution < 1.29 is 24.2 Å². The summed E-state index contributed by atoms with van der Waals surface area (Å²) in [6, 6.07) is 0. The van der Waals surface area contributed by atoms with E-state index in [0.717, 1.165) is 148 Å². The third-order valence-electron chi connectivity index (χ3n) is 12.7. The third-order valence-corrected chi connectivity index (χ3v) is 12.7. The van der Waals surface area contributed by atoms with Gasteiger partial charge in [-0.3, -0.25) is 9.59 Å². The van der Waals surface area contributed by atoms with Gasteiger partial charge in [-0.15, -0.1) is 0 Å². The topological polar surface area (TPSA) is 72.8 Å². The molecule has 0 saturated carbocycles. The zero-order valence-corrected chi connectivity index (χ0v) is 49.8. The molecule has 0 aliphatic rings. The van der Waals surface area contributed by atoms with Crippen LogP contribution < -0.4 is 0 Å². The first-order valence-corrected chi connectivity index (χ1v) is 31.3. The van der Waals surface area contributed by atoms with Crippen LogP contribution in [0.3, 0.4) is 0 Å². The maximum atomic E-state index is 12.3. The molecule has 0 saturated heterocycles. The molecule has 5 heteroatoms. The minimum absolute atomic E-state index is 0.0843. The van der Waals surface area contributed by atoms with Crippen LogP contribution in [-0.2, 0) is 19.1 Å². The van der Waals surface area contributed by atoms with Crippen LogP contribution in [0.5, 0.6) is 0 Å². The van der Waals surface area contributed by atoms with Gasteiger partial charge in [0.05, 0.1) is 6.61 Å². The lowest BCUT2D eigenvalue weighted by atomic mass is 10.1. The molecule has 0 heterocycles. The Morgan fingerprint density at radius 3 is 0.769 bits per heavy atom. The number of aliphatic hydroxyl groups is 1. The zero-order chi connectivity index (χ0) is 56.2. The standard InChI is InChI=1S/C73H114O5/c1-3-5-7-9-11-13-15-17-19-21-23-25-27-29-31-32-33-34-35-36-37-38-39-40-42-44-46-48-50-52-54-56-58-60-62-64-66-68-73(76)78-71(69-74)70-77-72(75)67-65-63-61-59-57-55-53-51-49-47-45-43-41-30-28-26-24-22-20-18-16-14-12-10-8-6-4-2/h5-8,11-14,17-20,23-26,29-31,33-34,36-37,39-41,44-47,71,74H,3-4,9-10,15-16,21-22,27-28,32,35,38,42-43,48-70H2,1-2H3/b7-5-,8-6-,13-11-,14-12-,19-17-,20-18-,25-23-,26-24-,31-29-,34-33-,37-36-,40-39-,41-30-,46-44-,47-45-. The van der Waals surface area contributed by atoms with Crippen LogP contribution in [0.2, 0.25) is 0 Å². The Labute approximate surface area is 480 Å². The van der Waals surface area contributed by atoms with E-state index in [4.69, 9.17) is 9.47 Å². The second kappa shape index (κ2) is 66.3. The van der Waals surface area contributed by atoms with Gasteiger partial charge in [-0.25, -0.2) is 0 Å². The summed E-state index contributed by atoms with van der Waals surface area (Å²) in [5, 5.41) is 9.68. The van der Waals surface area contributed by atoms with Gasteiger partial charge < -0.3 is 14.6 Å². The molecule has 1 unspecified atom stereocenters. The Morgan fingerprint density at radius 1 is 0.295 bits per heavy atom. The molecule has 0 aromatic carbocycles. The van der Waals surface area contributed by atoms with E-state index >= 15 is 0 Å². The highest BCUT2D eigenvalue weighted by molar-refractivity contribution is 5.70. The van der Waals surface area contributed by atoms with Crippen molar-refractivity contribution >= 4 is 11.9 Å². The van der Waals surface area contributed by atoms with Crippen LogP contribution in [-0.4, -0.2) is 36.4 Å². The van der Waals surface area contributed by atoms with E-state index < -0.39 is 6.10 Å². The Hall–Kier alpha value is -5.00. The van der Waals surface area contributed by atoms with Crippen LogP contribution in [0.25, 0.3) is 0 Å². The van der Waals surface area contributed by atoms with Gasteiger partial charge in [-0.2, -0.15) is 0 Å². The monoisotopic (exact) mass is 1070 g/mol. The lowest BCUT2D eigenvalue weighted by Crippen LogP contribution is -2.28. The number of carbonyl (C=O) groups excluding carboxylic acids is 2. The van der Waals surface area contributed by atoms with E-state index in [1.54, 1.807) is 0 Å². The molecule has 0 aromatic rings. The Bertz CT molecular complexity index is 1780. The predicted octanol–water partition coefficient (Wildman–Crippen LogP) is 21.9. The van der Waals surface area contributed by atoms with Crippen LogP contribution in [0.4, 0.5) is 0 Å². The highest BCUT2D eigenvalue weighted by Crippen LogP contribution is 2.14. The summed E-state index contributed by atoms with van der Waals surface area (Å²) in [4.78, 5) is 24.6. The number of esters is 2. The predicted molar refractivity (Wildman–Crippen MR) is 343 cm³/mol. The molecule has 0 amide bonds. The van der Waals surface area contributed by atoms with Gasteiger partial charge in [0.15, 0.2) is 6.10 Å². The summed E-state index contributed by atoms with van der Waals surface area (Å²) in [5.41, 5.74) is 0. The molecule has 0 aliphatic heterocycles. The Balaban J connectivity index is 3.61. The van der Waals surface area contributed by atoms with E-state index in [1.165, 1.54) is 70.6 Å². The second-order valence-electron chi connectivity index (χ2n) is 20.0. The normalized spacial score (nSPS) is 13.5. The van der Waals surface area contributed by atoms with Crippen molar-refractivity contribution in [3.05, 3.63) is 182 Å². The summed E-state index contributed by atoms with van der Waals surface area (Å²) < 4.78 is 10.7. The molecule has 436 valence electrons. The highest BCUT2D eigenvalue weighted by atomic mass is 16.6. The van der Waals surface area contributed by atoms with E-state index in [9.17, 15) is 14.7 Å². The largest absolute Gasteiger partial charge is 0.462 e. The zero-order valence-electron chi connectivity index (χ0n) is 49.8. The summed E-state index contributed by atoms with van der Waals surface area (Å²) in [6.45, 7) is 3.89. The molecule has 5 nitrogen and oxygen atoms in total. The van der Waals surface area contributed by atoms with Gasteiger partial charge >= 0.3 is 11.9 Å². The Kier molecular flexibility index (Phi) is 62.0. The molecular formula is C73H114O5. The lowest BCUT2D eigenvalue weighted by Gasteiger charge is -2.15. The quantitative estimate of drug-likeness (QED) is 0.0373. The number of unbranched alkanes of at least 4 members (excludes halogenated alkanes) is 17. The van der Waals surface area contributed by atoms with Crippen LogP contribution in [0, 0.1) is 0 Å². The smallest absolute Gasteiger partial charge is 0.306 e. The van der Waals surface area contributed by atoms with Gasteiger partial charge in [0, 0.05) is 12.8 Å². The molecule has 0 fully saturated rings. The lowest BCUT2D eigenvalue weighted by molar-refractivity contribution is -0.161. The second-order valence-corrected chi connectivity index (χ2v) is 20.0. The third kappa shape index (κ3) is 63.5. The van der Waals surface area contributed by atoms with Gasteiger partial charge in [0.1, 0.15) is 6.61 Å². The minimum Gasteiger partial charge on any atom is -0.462 e. The van der Waals surface area contributed by atoms with Gasteiger partial charge in [-0.1, -0.05) is 280 Å². The van der Waals surface area contributed by atoms with Crippen molar-refractivity contribution in [2.45, 2.75) is 251 Å². The average Bonchev–Trinajstić information content (AvgIpc) is 3.44. The molecule has 0 spiro atoms. The fourth-order valence-corrected chi connectivity index (χ4v) is 8.08. The van der Waals surface area contributed by atoms with E-state index in [1.807, 2.05) is 0 Å². The van der Waals surface area contributed by atoms with Crippen LogP contribution in [0.1, 0.15) is 245 Å². The molecule has 0 rings (SSSR count). The van der Waals surface area contributed by atoms with Gasteiger partial charge in [0.25, 0.3) is 0 Å². The first-order chi connectivity index (χ1) is 38.6. The maximum Gasteiger partial charge on any atom is 0.306 e. The van der Waals surface area contributed by atoms with E-state index in [0.29, 0.717) is 12.8 Å². The van der Waals surface area contributed by atoms with Crippen LogP contribution >= 0.6 is 0 Å². The molecule has 0 aromatic heterocycles. The van der Waals surface area contributed by atoms with Crippen molar-refractivity contribution in [2.75, 3.05) is 13.2 Å². The molecule has 1 N–H and O–H groups in total. The average molecular weight is 1070 g/mol. The van der Waals surface area contributed by atoms with Gasteiger partial charge in [-0.05, 0) is 135 Å². The molecule has 78 heavy (non-hydrogen) atoms. The van der Waals surface area contributed by atoms with Crippen molar-refractivity contribution in [2.24, 2.45) is 0 Å². The first-order valence-electron chi connectivity index (χ1n) is 31.3. The molecule has 1 atom stereocenters. The minimum atomic E-state index is -0.795. The number of aliphatic hydroxyl groups excluding tert-OH is 1. The number of rotatable bonds is 55. The SMILES string of the molecule is CC/C=C\C/C=C\C/C=C\C/C=C\C/C=C\C/C=C\C/C=C\C/C=C\C/C=C\CCCCCCCCCCCC(=O)OC(CO)COC(=O)CCCCCCCCCC/C=C\C/C=C\C/C=C\C/C=C\C/C=C\C/C=C\CC. The molecule has 0 bridgehead atoms. The van der Waals surface area contributed by atoms with E-state index in [-0.39, 0.29) is 25.2 Å². The van der Waals surface area contributed by atoms with Crippen molar-refractivity contribution in [3.8, 4) is 0 Å². The van der Waals surface area contributed by atoms with Gasteiger partial charge in [0.2, 0.25) is 0 Å². The van der Waals surface area contributed by atoms with Crippen LogP contribution in [0.15, 0.2) is 182 Å². The van der Waals surface area contributed by atoms with Crippen molar-refractivity contribution in [3.63, 3.8) is 0 Å². The van der Waals surface area contributed by atoms with Crippen molar-refractivity contribution in [1.82, 2.24) is 0 Å². The fourth-order valence-electron chi connectivity index (χ4n) is 8.08. The molecule has 0 aliphatic carbocycles. The number of ether oxygens (including phenoxy) is 2. The number of hydrogen-bond acceptors (Lipinski definition) is 5. The summed E-state index contributed by atoms with van der Waals surface area (Å²) in [6.07, 6.45) is 104. The van der Waals surface area contributed by atoms with E-state index in [2.05, 4.69) is 196 Å². The number of carbonyl (C=O) groups is 2. The Morgan fingerprint density at radius 2 is 0.513 bits per heavy atom.